The maximum Gasteiger partial charge on any atom is 0.177 e. The maximum absolute atomic E-state index is 6.06. The molecule has 0 saturated carbocycles. The molecule has 1 rings (SSSR count). The summed E-state index contributed by atoms with van der Waals surface area (Å²) in [7, 11) is 3.09. The third-order valence-electron chi connectivity index (χ3n) is 2.34. The van der Waals surface area contributed by atoms with E-state index in [9.17, 15) is 0 Å². The van der Waals surface area contributed by atoms with E-state index in [0.29, 0.717) is 5.02 Å². The third-order valence-corrected chi connectivity index (χ3v) is 2.63. The average molecular weight is 248 g/mol. The molecule has 0 radical (unpaired) electrons. The largest absolute Gasteiger partial charge is 0.354 e. The highest BCUT2D eigenvalue weighted by Crippen LogP contribution is 2.25. The summed E-state index contributed by atoms with van der Waals surface area (Å²) in [5.74, 6) is 0. The first-order valence-corrected chi connectivity index (χ1v) is 5.55. The van der Waals surface area contributed by atoms with Crippen molar-refractivity contribution in [3.8, 4) is 0 Å². The normalized spacial score (nSPS) is 13.4. The lowest BCUT2D eigenvalue weighted by atomic mass is 10.2. The van der Waals surface area contributed by atoms with Crippen molar-refractivity contribution in [2.75, 3.05) is 14.2 Å². The lowest BCUT2D eigenvalue weighted by Crippen LogP contribution is -2.31. The molecule has 0 aliphatic carbocycles. The fourth-order valence-corrected chi connectivity index (χ4v) is 1.88. The van der Waals surface area contributed by atoms with E-state index in [1.807, 2.05) is 0 Å². The van der Waals surface area contributed by atoms with Gasteiger partial charge in [-0.25, -0.2) is 0 Å². The fraction of sp³-hybridized carbons (Fsp3) is 0.700. The van der Waals surface area contributed by atoms with Crippen molar-refractivity contribution in [2.45, 2.75) is 32.2 Å². The first-order valence-electron chi connectivity index (χ1n) is 5.18. The van der Waals surface area contributed by atoms with Crippen LogP contribution in [0.4, 0.5) is 0 Å². The fourth-order valence-electron chi connectivity index (χ4n) is 1.61. The molecule has 2 N–H and O–H groups in total. The molecule has 1 heterocycles. The zero-order valence-electron chi connectivity index (χ0n) is 9.81. The molecule has 0 saturated heterocycles. The van der Waals surface area contributed by atoms with Gasteiger partial charge in [-0.2, -0.15) is 5.10 Å². The van der Waals surface area contributed by atoms with Crippen LogP contribution < -0.4 is 5.73 Å². The Balaban J connectivity index is 2.95. The lowest BCUT2D eigenvalue weighted by Gasteiger charge is -2.22. The Morgan fingerprint density at radius 3 is 2.62 bits per heavy atom. The Bertz CT molecular complexity index is 326. The molecule has 0 spiro atoms. The van der Waals surface area contributed by atoms with E-state index < -0.39 is 12.3 Å². The van der Waals surface area contributed by atoms with E-state index >= 15 is 0 Å². The molecule has 92 valence electrons. The molecule has 1 aromatic heterocycles. The molecule has 16 heavy (non-hydrogen) atoms. The summed E-state index contributed by atoms with van der Waals surface area (Å²) < 4.78 is 12.0. The van der Waals surface area contributed by atoms with Crippen LogP contribution in [0.5, 0.6) is 0 Å². The first kappa shape index (κ1) is 13.4. The number of halogens is 1. The van der Waals surface area contributed by atoms with E-state index in [1.165, 1.54) is 0 Å². The average Bonchev–Trinajstić information content (AvgIpc) is 2.62. The van der Waals surface area contributed by atoms with E-state index in [-0.39, 0.29) is 0 Å². The predicted octanol–water partition coefficient (Wildman–Crippen LogP) is 1.57. The Morgan fingerprint density at radius 1 is 1.50 bits per heavy atom. The molecule has 1 unspecified atom stereocenters. The molecule has 1 aromatic rings. The lowest BCUT2D eigenvalue weighted by molar-refractivity contribution is -0.118. The van der Waals surface area contributed by atoms with Crippen LogP contribution in [-0.2, 0) is 16.0 Å². The molecule has 0 aliphatic heterocycles. The molecule has 0 aromatic carbocycles. The van der Waals surface area contributed by atoms with Gasteiger partial charge in [0, 0.05) is 20.8 Å². The van der Waals surface area contributed by atoms with Gasteiger partial charge in [-0.05, 0) is 6.42 Å². The van der Waals surface area contributed by atoms with Crippen LogP contribution >= 0.6 is 11.6 Å². The zero-order valence-corrected chi connectivity index (χ0v) is 10.6. The summed E-state index contributed by atoms with van der Waals surface area (Å²) in [5.41, 5.74) is 6.79. The molecule has 0 aliphatic rings. The maximum atomic E-state index is 6.06. The number of ether oxygens (including phenoxy) is 2. The second-order valence-corrected chi connectivity index (χ2v) is 3.87. The van der Waals surface area contributed by atoms with Crippen molar-refractivity contribution in [2.24, 2.45) is 5.73 Å². The molecular formula is C10H18ClN3O2. The van der Waals surface area contributed by atoms with Crippen molar-refractivity contribution in [1.82, 2.24) is 9.78 Å². The van der Waals surface area contributed by atoms with Crippen LogP contribution in [0.2, 0.25) is 5.02 Å². The topological polar surface area (TPSA) is 62.3 Å². The van der Waals surface area contributed by atoms with E-state index in [4.69, 9.17) is 26.8 Å². The quantitative estimate of drug-likeness (QED) is 0.775. The highest BCUT2D eigenvalue weighted by atomic mass is 35.5. The second kappa shape index (κ2) is 6.20. The van der Waals surface area contributed by atoms with Gasteiger partial charge in [0.15, 0.2) is 6.29 Å². The van der Waals surface area contributed by atoms with Gasteiger partial charge < -0.3 is 15.2 Å². The SMILES string of the molecule is CCCn1ncc(Cl)c1C(N)C(OC)OC. The van der Waals surface area contributed by atoms with E-state index in [2.05, 4.69) is 12.0 Å². The smallest absolute Gasteiger partial charge is 0.177 e. The van der Waals surface area contributed by atoms with Crippen LogP contribution in [0.25, 0.3) is 0 Å². The summed E-state index contributed by atoms with van der Waals surface area (Å²) in [5, 5.41) is 4.71. The number of aromatic nitrogens is 2. The third kappa shape index (κ3) is 2.74. The number of hydrogen-bond donors (Lipinski definition) is 1. The Labute approximate surface area is 100 Å². The minimum absolute atomic E-state index is 0.448. The summed E-state index contributed by atoms with van der Waals surface area (Å²) in [4.78, 5) is 0. The number of rotatable bonds is 6. The van der Waals surface area contributed by atoms with E-state index in [0.717, 1.165) is 18.7 Å². The van der Waals surface area contributed by atoms with Crippen LogP contribution in [0, 0.1) is 0 Å². The number of hydrogen-bond acceptors (Lipinski definition) is 4. The van der Waals surface area contributed by atoms with Crippen molar-refractivity contribution in [3.63, 3.8) is 0 Å². The number of nitrogens with two attached hydrogens (primary N) is 1. The van der Waals surface area contributed by atoms with Crippen LogP contribution in [0.3, 0.4) is 0 Å². The molecule has 0 bridgehead atoms. The standard InChI is InChI=1S/C10H18ClN3O2/c1-4-5-14-9(7(11)6-13-14)8(12)10(15-2)16-3/h6,8,10H,4-5,12H2,1-3H3. The first-order chi connectivity index (χ1) is 7.65. The Kier molecular flexibility index (Phi) is 5.21. The van der Waals surface area contributed by atoms with Crippen molar-refractivity contribution >= 4 is 11.6 Å². The van der Waals surface area contributed by atoms with Crippen molar-refractivity contribution in [1.29, 1.82) is 0 Å². The minimum atomic E-state index is -0.523. The molecule has 6 heteroatoms. The molecular weight excluding hydrogens is 230 g/mol. The van der Waals surface area contributed by atoms with Gasteiger partial charge in [-0.3, -0.25) is 4.68 Å². The number of aryl methyl sites for hydroxylation is 1. The van der Waals surface area contributed by atoms with Crippen molar-refractivity contribution in [3.05, 3.63) is 16.9 Å². The zero-order chi connectivity index (χ0) is 12.1. The highest BCUT2D eigenvalue weighted by molar-refractivity contribution is 6.31. The Hall–Kier alpha value is -0.620. The van der Waals surface area contributed by atoms with Crippen LogP contribution in [0.1, 0.15) is 25.1 Å². The summed E-state index contributed by atoms with van der Waals surface area (Å²) in [6.45, 7) is 2.84. The van der Waals surface area contributed by atoms with Gasteiger partial charge in [-0.15, -0.1) is 0 Å². The van der Waals surface area contributed by atoms with E-state index in [1.54, 1.807) is 25.1 Å². The number of methoxy groups -OCH3 is 2. The molecule has 5 nitrogen and oxygen atoms in total. The van der Waals surface area contributed by atoms with Crippen molar-refractivity contribution < 1.29 is 9.47 Å². The number of nitrogens with zero attached hydrogens (tertiary/aromatic N) is 2. The van der Waals surface area contributed by atoms with Crippen LogP contribution in [0.15, 0.2) is 6.20 Å². The van der Waals surface area contributed by atoms with Gasteiger partial charge in [0.2, 0.25) is 0 Å². The van der Waals surface area contributed by atoms with Gasteiger partial charge in [0.05, 0.1) is 23.0 Å². The molecule has 1 atom stereocenters. The summed E-state index contributed by atoms with van der Waals surface area (Å²) >= 11 is 6.06. The summed E-state index contributed by atoms with van der Waals surface area (Å²) in [6.07, 6.45) is 2.03. The van der Waals surface area contributed by atoms with Gasteiger partial charge in [0.1, 0.15) is 0 Å². The van der Waals surface area contributed by atoms with Gasteiger partial charge in [-0.1, -0.05) is 18.5 Å². The monoisotopic (exact) mass is 247 g/mol. The molecule has 0 amide bonds. The second-order valence-electron chi connectivity index (χ2n) is 3.47. The highest BCUT2D eigenvalue weighted by Gasteiger charge is 2.24. The van der Waals surface area contributed by atoms with Crippen LogP contribution in [-0.4, -0.2) is 30.3 Å². The van der Waals surface area contributed by atoms with Gasteiger partial charge in [0.25, 0.3) is 0 Å². The minimum Gasteiger partial charge on any atom is -0.354 e. The Morgan fingerprint density at radius 2 is 2.12 bits per heavy atom. The molecule has 0 fully saturated rings. The summed E-state index contributed by atoms with van der Waals surface area (Å²) in [6, 6.07) is -0.448. The van der Waals surface area contributed by atoms with Gasteiger partial charge >= 0.3 is 0 Å². The predicted molar refractivity (Wildman–Crippen MR) is 62.3 cm³/mol.